The number of aromatic nitrogens is 3. The van der Waals surface area contributed by atoms with Crippen LogP contribution in [0.3, 0.4) is 0 Å². The van der Waals surface area contributed by atoms with Crippen LogP contribution in [0.5, 0.6) is 0 Å². The fraction of sp³-hybridized carbons (Fsp3) is 0.250. The molecule has 0 aliphatic rings. The molecule has 108 valence electrons. The topological polar surface area (TPSA) is 56.7 Å². The first-order valence-electron chi connectivity index (χ1n) is 7.04. The third kappa shape index (κ3) is 2.77. The van der Waals surface area contributed by atoms with Gasteiger partial charge in [0.05, 0.1) is 16.2 Å². The average molecular weight is 301 g/mol. The number of rotatable bonds is 4. The normalized spacial score (nSPS) is 12.7. The summed E-state index contributed by atoms with van der Waals surface area (Å²) in [4.78, 5) is 0. The van der Waals surface area contributed by atoms with Crippen molar-refractivity contribution in [1.82, 2.24) is 15.0 Å². The molecular weight excluding hydrogens is 284 g/mol. The SMILES string of the molecule is CCC(N)Cc1ccc(-n2nnc3ccccc32)c(Cl)c1. The van der Waals surface area contributed by atoms with Gasteiger partial charge in [-0.3, -0.25) is 0 Å². The van der Waals surface area contributed by atoms with E-state index in [1.807, 2.05) is 42.5 Å². The van der Waals surface area contributed by atoms with Crippen molar-refractivity contribution < 1.29 is 0 Å². The van der Waals surface area contributed by atoms with Crippen molar-refractivity contribution in [1.29, 1.82) is 0 Å². The molecule has 1 unspecified atom stereocenters. The van der Waals surface area contributed by atoms with Crippen molar-refractivity contribution in [3.05, 3.63) is 53.1 Å². The third-order valence-electron chi connectivity index (χ3n) is 3.61. The maximum absolute atomic E-state index is 6.42. The van der Waals surface area contributed by atoms with Gasteiger partial charge in [-0.1, -0.05) is 41.9 Å². The van der Waals surface area contributed by atoms with Crippen LogP contribution in [0.1, 0.15) is 18.9 Å². The second kappa shape index (κ2) is 5.84. The molecule has 0 amide bonds. The molecule has 1 heterocycles. The minimum atomic E-state index is 0.166. The molecular formula is C16H17ClN4. The second-order valence-electron chi connectivity index (χ2n) is 5.15. The van der Waals surface area contributed by atoms with E-state index in [0.717, 1.165) is 35.1 Å². The standard InChI is InChI=1S/C16H17ClN4/c1-2-12(18)9-11-7-8-15(13(17)10-11)21-16-6-4-3-5-14(16)19-20-21/h3-8,10,12H,2,9,18H2,1H3. The van der Waals surface area contributed by atoms with E-state index in [-0.39, 0.29) is 6.04 Å². The number of nitrogens with two attached hydrogens (primary N) is 1. The first kappa shape index (κ1) is 14.0. The van der Waals surface area contributed by atoms with Gasteiger partial charge < -0.3 is 5.73 Å². The van der Waals surface area contributed by atoms with Crippen LogP contribution in [-0.4, -0.2) is 21.0 Å². The maximum atomic E-state index is 6.42. The van der Waals surface area contributed by atoms with Crippen molar-refractivity contribution in [2.45, 2.75) is 25.8 Å². The van der Waals surface area contributed by atoms with Crippen LogP contribution in [-0.2, 0) is 6.42 Å². The molecule has 3 rings (SSSR count). The first-order chi connectivity index (χ1) is 10.2. The van der Waals surface area contributed by atoms with Gasteiger partial charge in [0, 0.05) is 6.04 Å². The van der Waals surface area contributed by atoms with Gasteiger partial charge in [-0.2, -0.15) is 0 Å². The number of hydrogen-bond acceptors (Lipinski definition) is 3. The fourth-order valence-corrected chi connectivity index (χ4v) is 2.63. The van der Waals surface area contributed by atoms with Crippen molar-refractivity contribution in [2.24, 2.45) is 5.73 Å². The lowest BCUT2D eigenvalue weighted by molar-refractivity contribution is 0.646. The molecule has 0 aliphatic carbocycles. The van der Waals surface area contributed by atoms with Crippen molar-refractivity contribution >= 4 is 22.6 Å². The van der Waals surface area contributed by atoms with Crippen LogP contribution >= 0.6 is 11.6 Å². The van der Waals surface area contributed by atoms with E-state index in [0.29, 0.717) is 5.02 Å². The Morgan fingerprint density at radius 3 is 2.81 bits per heavy atom. The summed E-state index contributed by atoms with van der Waals surface area (Å²) < 4.78 is 1.77. The Balaban J connectivity index is 1.99. The van der Waals surface area contributed by atoms with E-state index in [2.05, 4.69) is 17.2 Å². The Morgan fingerprint density at radius 2 is 2.05 bits per heavy atom. The Kier molecular flexibility index (Phi) is 3.90. The van der Waals surface area contributed by atoms with Gasteiger partial charge in [-0.25, -0.2) is 4.68 Å². The molecule has 0 aliphatic heterocycles. The third-order valence-corrected chi connectivity index (χ3v) is 3.92. The lowest BCUT2D eigenvalue weighted by Gasteiger charge is -2.11. The van der Waals surface area contributed by atoms with E-state index in [1.165, 1.54) is 0 Å². The monoisotopic (exact) mass is 300 g/mol. The number of nitrogens with zero attached hydrogens (tertiary/aromatic N) is 3. The minimum absolute atomic E-state index is 0.166. The van der Waals surface area contributed by atoms with Crippen LogP contribution < -0.4 is 5.73 Å². The van der Waals surface area contributed by atoms with Crippen LogP contribution in [0.25, 0.3) is 16.7 Å². The van der Waals surface area contributed by atoms with Crippen LogP contribution in [0, 0.1) is 0 Å². The van der Waals surface area contributed by atoms with E-state index in [4.69, 9.17) is 17.3 Å². The number of benzene rings is 2. The fourth-order valence-electron chi connectivity index (χ4n) is 2.34. The highest BCUT2D eigenvalue weighted by Crippen LogP contribution is 2.25. The minimum Gasteiger partial charge on any atom is -0.327 e. The van der Waals surface area contributed by atoms with Gasteiger partial charge in [-0.05, 0) is 42.7 Å². The van der Waals surface area contributed by atoms with E-state index >= 15 is 0 Å². The highest BCUT2D eigenvalue weighted by molar-refractivity contribution is 6.32. The molecule has 21 heavy (non-hydrogen) atoms. The smallest absolute Gasteiger partial charge is 0.113 e. The van der Waals surface area contributed by atoms with E-state index < -0.39 is 0 Å². The van der Waals surface area contributed by atoms with Gasteiger partial charge in [0.25, 0.3) is 0 Å². The summed E-state index contributed by atoms with van der Waals surface area (Å²) in [7, 11) is 0. The molecule has 0 fully saturated rings. The Morgan fingerprint density at radius 1 is 1.24 bits per heavy atom. The van der Waals surface area contributed by atoms with Crippen molar-refractivity contribution in [3.8, 4) is 5.69 Å². The van der Waals surface area contributed by atoms with Crippen LogP contribution in [0.2, 0.25) is 5.02 Å². The average Bonchev–Trinajstić information content (AvgIpc) is 2.91. The molecule has 4 nitrogen and oxygen atoms in total. The molecule has 2 aromatic carbocycles. The van der Waals surface area contributed by atoms with Gasteiger partial charge in [-0.15, -0.1) is 5.10 Å². The number of halogens is 1. The molecule has 0 spiro atoms. The number of fused-ring (bicyclic) bond motifs is 1. The van der Waals surface area contributed by atoms with Gasteiger partial charge >= 0.3 is 0 Å². The van der Waals surface area contributed by atoms with Crippen LogP contribution in [0.15, 0.2) is 42.5 Å². The summed E-state index contributed by atoms with van der Waals surface area (Å²) >= 11 is 6.42. The van der Waals surface area contributed by atoms with E-state index in [9.17, 15) is 0 Å². The van der Waals surface area contributed by atoms with Crippen molar-refractivity contribution in [2.75, 3.05) is 0 Å². The molecule has 2 N–H and O–H groups in total. The Labute approximate surface area is 128 Å². The van der Waals surface area contributed by atoms with E-state index in [1.54, 1.807) is 4.68 Å². The van der Waals surface area contributed by atoms with Gasteiger partial charge in [0.1, 0.15) is 5.52 Å². The maximum Gasteiger partial charge on any atom is 0.113 e. The molecule has 1 atom stereocenters. The molecule has 0 saturated carbocycles. The summed E-state index contributed by atoms with van der Waals surface area (Å²) in [6.45, 7) is 2.09. The summed E-state index contributed by atoms with van der Waals surface area (Å²) in [5, 5.41) is 9.00. The predicted molar refractivity (Wildman–Crippen MR) is 85.8 cm³/mol. The number of para-hydroxylation sites is 1. The zero-order valence-corrected chi connectivity index (χ0v) is 12.6. The predicted octanol–water partition coefficient (Wildman–Crippen LogP) is 3.35. The zero-order chi connectivity index (χ0) is 14.8. The first-order valence-corrected chi connectivity index (χ1v) is 7.41. The summed E-state index contributed by atoms with van der Waals surface area (Å²) in [6.07, 6.45) is 1.78. The van der Waals surface area contributed by atoms with Crippen LogP contribution in [0.4, 0.5) is 0 Å². The zero-order valence-electron chi connectivity index (χ0n) is 11.8. The molecule has 0 saturated heterocycles. The summed E-state index contributed by atoms with van der Waals surface area (Å²) in [5.41, 5.74) is 9.76. The summed E-state index contributed by atoms with van der Waals surface area (Å²) in [6, 6.07) is 14.0. The Hall–Kier alpha value is -1.91. The quantitative estimate of drug-likeness (QED) is 0.804. The molecule has 1 aromatic heterocycles. The lowest BCUT2D eigenvalue weighted by atomic mass is 10.0. The highest BCUT2D eigenvalue weighted by atomic mass is 35.5. The van der Waals surface area contributed by atoms with Crippen molar-refractivity contribution in [3.63, 3.8) is 0 Å². The molecule has 0 bridgehead atoms. The summed E-state index contributed by atoms with van der Waals surface area (Å²) in [5.74, 6) is 0. The second-order valence-corrected chi connectivity index (χ2v) is 5.56. The van der Waals surface area contributed by atoms with Gasteiger partial charge in [0.15, 0.2) is 0 Å². The molecule has 0 radical (unpaired) electrons. The number of hydrogen-bond donors (Lipinski definition) is 1. The highest BCUT2D eigenvalue weighted by Gasteiger charge is 2.10. The largest absolute Gasteiger partial charge is 0.327 e. The Bertz CT molecular complexity index is 766. The molecule has 5 heteroatoms. The van der Waals surface area contributed by atoms with Gasteiger partial charge in [0.2, 0.25) is 0 Å². The molecule has 3 aromatic rings. The lowest BCUT2D eigenvalue weighted by Crippen LogP contribution is -2.21.